The van der Waals surface area contributed by atoms with Crippen LogP contribution in [-0.2, 0) is 27.3 Å². The number of carbonyl (C=O) groups is 2. The number of ether oxygens (including phenoxy) is 1. The van der Waals surface area contributed by atoms with Crippen molar-refractivity contribution >= 4 is 11.8 Å². The largest absolute Gasteiger partial charge is 0.389 e. The van der Waals surface area contributed by atoms with Crippen LogP contribution < -0.4 is 10.6 Å². The molecule has 3 N–H and O–H groups in total. The van der Waals surface area contributed by atoms with Gasteiger partial charge in [0.15, 0.2) is 0 Å². The molecule has 206 valence electrons. The number of nitrogens with zero attached hydrogens (tertiary/aromatic N) is 2. The second-order valence-corrected chi connectivity index (χ2v) is 10.2. The zero-order chi connectivity index (χ0) is 27.1. The number of amides is 2. The van der Waals surface area contributed by atoms with Crippen molar-refractivity contribution in [2.45, 2.75) is 69.9 Å². The number of aliphatic hydroxyl groups excluding tert-OH is 1. The van der Waals surface area contributed by atoms with Crippen LogP contribution in [0.15, 0.2) is 42.6 Å². The third kappa shape index (κ3) is 7.55. The first-order valence-corrected chi connectivity index (χ1v) is 13.3. The van der Waals surface area contributed by atoms with Crippen LogP contribution in [0.25, 0.3) is 0 Å². The highest BCUT2D eigenvalue weighted by Gasteiger charge is 2.39. The van der Waals surface area contributed by atoms with E-state index in [4.69, 9.17) is 4.74 Å². The maximum atomic E-state index is 13.9. The summed E-state index contributed by atoms with van der Waals surface area (Å²) in [6.45, 7) is 3.83. The van der Waals surface area contributed by atoms with Gasteiger partial charge < -0.3 is 25.4 Å². The normalized spacial score (nSPS) is 23.0. The molecule has 1 aromatic heterocycles. The number of benzene rings is 1. The van der Waals surface area contributed by atoms with Crippen LogP contribution in [-0.4, -0.2) is 70.8 Å². The number of carbonyl (C=O) groups excluding carboxylic acids is 2. The van der Waals surface area contributed by atoms with Crippen molar-refractivity contribution in [2.75, 3.05) is 19.7 Å². The van der Waals surface area contributed by atoms with Gasteiger partial charge >= 0.3 is 0 Å². The number of rotatable bonds is 12. The van der Waals surface area contributed by atoms with Crippen molar-refractivity contribution in [1.29, 1.82) is 0 Å². The SMILES string of the molecule is CCCCO[C@H]1CN[C@@H]([C@@H](O)[C@H](Cc2cc(F)cc(F)c2)NC(=O)C2CC(=O)N(Cc3ccccn3)C2)C1. The molecule has 1 unspecified atom stereocenters. The van der Waals surface area contributed by atoms with Gasteiger partial charge in [-0.1, -0.05) is 19.4 Å². The molecule has 10 heteroatoms. The molecule has 0 radical (unpaired) electrons. The van der Waals surface area contributed by atoms with Crippen molar-refractivity contribution in [3.63, 3.8) is 0 Å². The molecule has 8 nitrogen and oxygen atoms in total. The number of nitrogens with one attached hydrogen (secondary N) is 2. The van der Waals surface area contributed by atoms with Crippen molar-refractivity contribution < 1.29 is 28.2 Å². The summed E-state index contributed by atoms with van der Waals surface area (Å²) in [5.41, 5.74) is 1.05. The summed E-state index contributed by atoms with van der Waals surface area (Å²) in [6, 6.07) is 7.43. The lowest BCUT2D eigenvalue weighted by Gasteiger charge is -2.29. The first-order chi connectivity index (χ1) is 18.3. The Morgan fingerprint density at radius 3 is 2.79 bits per heavy atom. The van der Waals surface area contributed by atoms with Crippen LogP contribution in [0.2, 0.25) is 0 Å². The lowest BCUT2D eigenvalue weighted by atomic mass is 9.94. The minimum atomic E-state index is -1.04. The van der Waals surface area contributed by atoms with E-state index < -0.39 is 29.7 Å². The van der Waals surface area contributed by atoms with E-state index in [1.807, 2.05) is 12.1 Å². The molecule has 2 fully saturated rings. The smallest absolute Gasteiger partial charge is 0.225 e. The number of pyridine rings is 1. The average molecular weight is 531 g/mol. The van der Waals surface area contributed by atoms with E-state index in [0.29, 0.717) is 31.7 Å². The van der Waals surface area contributed by atoms with Crippen molar-refractivity contribution in [3.8, 4) is 0 Å². The maximum absolute atomic E-state index is 13.9. The lowest BCUT2D eigenvalue weighted by molar-refractivity contribution is -0.129. The Morgan fingerprint density at radius 2 is 2.08 bits per heavy atom. The Bertz CT molecular complexity index is 1070. The second-order valence-electron chi connectivity index (χ2n) is 10.2. The molecule has 3 heterocycles. The van der Waals surface area contributed by atoms with Gasteiger partial charge in [0, 0.05) is 44.4 Å². The topological polar surface area (TPSA) is 104 Å². The van der Waals surface area contributed by atoms with E-state index in [9.17, 15) is 23.5 Å². The molecule has 1 aromatic carbocycles. The summed E-state index contributed by atoms with van der Waals surface area (Å²) < 4.78 is 33.7. The van der Waals surface area contributed by atoms with Gasteiger partial charge in [0.05, 0.1) is 36.4 Å². The molecular weight excluding hydrogens is 494 g/mol. The Balaban J connectivity index is 1.43. The summed E-state index contributed by atoms with van der Waals surface area (Å²) in [6.07, 6.45) is 3.15. The molecule has 38 heavy (non-hydrogen) atoms. The lowest BCUT2D eigenvalue weighted by Crippen LogP contribution is -2.53. The van der Waals surface area contributed by atoms with Gasteiger partial charge in [-0.3, -0.25) is 14.6 Å². The van der Waals surface area contributed by atoms with Gasteiger partial charge in [0.2, 0.25) is 11.8 Å². The van der Waals surface area contributed by atoms with E-state index in [-0.39, 0.29) is 43.3 Å². The predicted octanol–water partition coefficient (Wildman–Crippen LogP) is 2.34. The van der Waals surface area contributed by atoms with Crippen LogP contribution in [0.1, 0.15) is 43.9 Å². The maximum Gasteiger partial charge on any atom is 0.225 e. The number of unbranched alkanes of at least 4 members (excludes halogenated alkanes) is 1. The number of likely N-dealkylation sites (tertiary alicyclic amines) is 1. The van der Waals surface area contributed by atoms with E-state index in [2.05, 4.69) is 22.5 Å². The Morgan fingerprint density at radius 1 is 1.29 bits per heavy atom. The van der Waals surface area contributed by atoms with Crippen molar-refractivity contribution in [3.05, 3.63) is 65.5 Å². The summed E-state index contributed by atoms with van der Waals surface area (Å²) in [4.78, 5) is 31.7. The molecular formula is C28H36F2N4O4. The van der Waals surface area contributed by atoms with E-state index in [1.54, 1.807) is 17.2 Å². The molecule has 0 aliphatic carbocycles. The number of hydrogen-bond acceptors (Lipinski definition) is 6. The van der Waals surface area contributed by atoms with Crippen LogP contribution in [0.3, 0.4) is 0 Å². The highest BCUT2D eigenvalue weighted by molar-refractivity contribution is 5.89. The molecule has 5 atom stereocenters. The van der Waals surface area contributed by atoms with Crippen LogP contribution in [0, 0.1) is 17.6 Å². The highest BCUT2D eigenvalue weighted by Crippen LogP contribution is 2.23. The van der Waals surface area contributed by atoms with E-state index >= 15 is 0 Å². The zero-order valence-electron chi connectivity index (χ0n) is 21.6. The summed E-state index contributed by atoms with van der Waals surface area (Å²) in [5.74, 6) is -2.59. The number of aliphatic hydroxyl groups is 1. The predicted molar refractivity (Wildman–Crippen MR) is 137 cm³/mol. The Kier molecular flexibility index (Phi) is 9.76. The fraction of sp³-hybridized carbons (Fsp3) is 0.536. The van der Waals surface area contributed by atoms with Crippen LogP contribution in [0.5, 0.6) is 0 Å². The minimum Gasteiger partial charge on any atom is -0.389 e. The molecule has 2 aliphatic heterocycles. The first kappa shape index (κ1) is 28.1. The third-order valence-electron chi connectivity index (χ3n) is 7.17. The standard InChI is InChI=1S/C28H36F2N4O4/c1-2-3-8-38-23-14-24(32-15-23)27(36)25(11-18-9-20(29)13-21(30)10-18)33-28(37)19-12-26(35)34(16-19)17-22-6-4-5-7-31-22/h4-7,9-10,13,19,23-25,27,32,36H,2-3,8,11-12,14-17H2,1H3,(H,33,37)/t19?,23-,24-,25+,27-/m1/s1. The first-order valence-electron chi connectivity index (χ1n) is 13.3. The van der Waals surface area contributed by atoms with Gasteiger partial charge in [0.25, 0.3) is 0 Å². The molecule has 0 bridgehead atoms. The Labute approximate surface area is 221 Å². The summed E-state index contributed by atoms with van der Waals surface area (Å²) in [7, 11) is 0. The van der Waals surface area contributed by atoms with E-state index in [0.717, 1.165) is 24.6 Å². The number of hydrogen-bond donors (Lipinski definition) is 3. The van der Waals surface area contributed by atoms with Crippen molar-refractivity contribution in [2.24, 2.45) is 5.92 Å². The average Bonchev–Trinajstić information content (AvgIpc) is 3.50. The summed E-state index contributed by atoms with van der Waals surface area (Å²) in [5, 5.41) is 17.4. The molecule has 0 saturated carbocycles. The van der Waals surface area contributed by atoms with Gasteiger partial charge in [-0.15, -0.1) is 0 Å². The molecule has 2 saturated heterocycles. The quantitative estimate of drug-likeness (QED) is 0.364. The minimum absolute atomic E-state index is 0.0272. The molecule has 0 spiro atoms. The second kappa shape index (κ2) is 13.2. The molecule has 2 amide bonds. The van der Waals surface area contributed by atoms with Gasteiger partial charge in [-0.05, 0) is 49.1 Å². The fourth-order valence-electron chi connectivity index (χ4n) is 5.12. The van der Waals surface area contributed by atoms with Crippen molar-refractivity contribution in [1.82, 2.24) is 20.5 Å². The van der Waals surface area contributed by atoms with Gasteiger partial charge in [-0.25, -0.2) is 8.78 Å². The third-order valence-corrected chi connectivity index (χ3v) is 7.17. The summed E-state index contributed by atoms with van der Waals surface area (Å²) >= 11 is 0. The van der Waals surface area contributed by atoms with E-state index in [1.165, 1.54) is 12.1 Å². The highest BCUT2D eigenvalue weighted by atomic mass is 19.1. The monoisotopic (exact) mass is 530 g/mol. The number of halogens is 2. The zero-order valence-corrected chi connectivity index (χ0v) is 21.6. The Hall–Kier alpha value is -2.95. The van der Waals surface area contributed by atoms with Gasteiger partial charge in [0.1, 0.15) is 11.6 Å². The molecule has 2 aromatic rings. The van der Waals surface area contributed by atoms with Gasteiger partial charge in [-0.2, -0.15) is 0 Å². The fourth-order valence-corrected chi connectivity index (χ4v) is 5.12. The molecule has 2 aliphatic rings. The van der Waals surface area contributed by atoms with Crippen LogP contribution >= 0.6 is 0 Å². The van der Waals surface area contributed by atoms with Crippen LogP contribution in [0.4, 0.5) is 8.78 Å². The molecule has 4 rings (SSSR count). The number of aromatic nitrogens is 1.